The Balaban J connectivity index is 1.81. The van der Waals surface area contributed by atoms with Gasteiger partial charge in [0.25, 0.3) is 0 Å². The Morgan fingerprint density at radius 1 is 1.38 bits per heavy atom. The van der Waals surface area contributed by atoms with Crippen LogP contribution in [0.1, 0.15) is 36.0 Å². The van der Waals surface area contributed by atoms with E-state index in [-0.39, 0.29) is 18.8 Å². The Morgan fingerprint density at radius 3 is 2.79 bits per heavy atom. The highest BCUT2D eigenvalue weighted by atomic mass is 19.4. The van der Waals surface area contributed by atoms with Crippen LogP contribution in [0.5, 0.6) is 0 Å². The maximum Gasteiger partial charge on any atom is 0.398 e. The maximum absolute atomic E-state index is 13.1. The van der Waals surface area contributed by atoms with Crippen molar-refractivity contribution in [2.24, 2.45) is 0 Å². The molecular weight excluding hydrogens is 321 g/mol. The predicted octanol–water partition coefficient (Wildman–Crippen LogP) is 2.62. The number of pyridine rings is 1. The lowest BCUT2D eigenvalue weighted by molar-refractivity contribution is -0.156. The first-order valence-corrected chi connectivity index (χ1v) is 7.46. The van der Waals surface area contributed by atoms with Gasteiger partial charge in [0.05, 0.1) is 12.1 Å². The van der Waals surface area contributed by atoms with Gasteiger partial charge in [-0.2, -0.15) is 18.4 Å². The molecular formula is C15H15F3N6. The molecule has 1 atom stereocenters. The highest BCUT2D eigenvalue weighted by Gasteiger charge is 2.45. The van der Waals surface area contributed by atoms with E-state index in [0.717, 1.165) is 0 Å². The molecule has 0 bridgehead atoms. The van der Waals surface area contributed by atoms with Crippen LogP contribution in [0.4, 0.5) is 19.0 Å². The molecule has 2 aromatic rings. The Bertz CT molecular complexity index is 759. The van der Waals surface area contributed by atoms with Gasteiger partial charge in [0.2, 0.25) is 0 Å². The van der Waals surface area contributed by atoms with Gasteiger partial charge < -0.3 is 9.47 Å². The van der Waals surface area contributed by atoms with E-state index >= 15 is 0 Å². The largest absolute Gasteiger partial charge is 0.398 e. The fourth-order valence-electron chi connectivity index (χ4n) is 2.83. The summed E-state index contributed by atoms with van der Waals surface area (Å²) in [7, 11) is 1.76. The lowest BCUT2D eigenvalue weighted by Gasteiger charge is -2.26. The van der Waals surface area contributed by atoms with Crippen LogP contribution in [0, 0.1) is 11.3 Å². The first-order chi connectivity index (χ1) is 11.4. The van der Waals surface area contributed by atoms with Crippen molar-refractivity contribution in [1.29, 1.82) is 5.26 Å². The molecule has 0 fully saturated rings. The molecule has 2 aromatic heterocycles. The zero-order valence-corrected chi connectivity index (χ0v) is 13.0. The van der Waals surface area contributed by atoms with Crippen LogP contribution in [0.25, 0.3) is 0 Å². The molecule has 3 heterocycles. The highest BCUT2D eigenvalue weighted by molar-refractivity contribution is 5.41. The standard InChI is InChI=1S/C15H15F3N6/c1-23(12-5-4-10(7-19)8-20-12)9-13-21-22-14-11(15(16,17)18)3-2-6-24(13)14/h4-5,8,11H,2-3,6,9H2,1H3. The number of nitrogens with zero attached hydrogens (tertiary/aromatic N) is 6. The van der Waals surface area contributed by atoms with Crippen LogP contribution in [-0.4, -0.2) is 33.0 Å². The molecule has 0 saturated carbocycles. The molecule has 0 aliphatic carbocycles. The summed E-state index contributed by atoms with van der Waals surface area (Å²) in [5.41, 5.74) is 0.444. The minimum absolute atomic E-state index is 0.00932. The van der Waals surface area contributed by atoms with Gasteiger partial charge >= 0.3 is 6.18 Å². The summed E-state index contributed by atoms with van der Waals surface area (Å²) in [6, 6.07) is 5.31. The lowest BCUT2D eigenvalue weighted by atomic mass is 9.98. The zero-order chi connectivity index (χ0) is 17.3. The number of alkyl halides is 3. The summed E-state index contributed by atoms with van der Waals surface area (Å²) in [6.45, 7) is 0.773. The number of hydrogen-bond donors (Lipinski definition) is 0. The van der Waals surface area contributed by atoms with Crippen LogP contribution in [0.3, 0.4) is 0 Å². The van der Waals surface area contributed by atoms with Crippen LogP contribution < -0.4 is 4.90 Å². The van der Waals surface area contributed by atoms with Crippen molar-refractivity contribution >= 4 is 5.82 Å². The number of nitriles is 1. The number of aromatic nitrogens is 4. The molecule has 126 valence electrons. The molecule has 1 aliphatic rings. The van der Waals surface area contributed by atoms with E-state index in [4.69, 9.17) is 5.26 Å². The quantitative estimate of drug-likeness (QED) is 0.862. The predicted molar refractivity (Wildman–Crippen MR) is 79.1 cm³/mol. The van der Waals surface area contributed by atoms with E-state index in [1.54, 1.807) is 28.6 Å². The monoisotopic (exact) mass is 336 g/mol. The van der Waals surface area contributed by atoms with Crippen molar-refractivity contribution in [3.63, 3.8) is 0 Å². The van der Waals surface area contributed by atoms with E-state index in [1.165, 1.54) is 6.20 Å². The second-order valence-corrected chi connectivity index (χ2v) is 5.74. The molecule has 0 aromatic carbocycles. The van der Waals surface area contributed by atoms with Crippen molar-refractivity contribution in [2.45, 2.75) is 38.0 Å². The van der Waals surface area contributed by atoms with Gasteiger partial charge in [-0.15, -0.1) is 10.2 Å². The summed E-state index contributed by atoms with van der Waals surface area (Å²) < 4.78 is 40.9. The van der Waals surface area contributed by atoms with Crippen molar-refractivity contribution in [2.75, 3.05) is 11.9 Å². The SMILES string of the molecule is CN(Cc1nnc2n1CCCC2C(F)(F)F)c1ccc(C#N)cn1. The Labute approximate surface area is 136 Å². The summed E-state index contributed by atoms with van der Waals surface area (Å²) in [5.74, 6) is -0.474. The van der Waals surface area contributed by atoms with E-state index in [9.17, 15) is 13.2 Å². The average molecular weight is 336 g/mol. The van der Waals surface area contributed by atoms with Gasteiger partial charge in [-0.25, -0.2) is 4.98 Å². The topological polar surface area (TPSA) is 70.6 Å². The number of hydrogen-bond acceptors (Lipinski definition) is 5. The van der Waals surface area contributed by atoms with E-state index in [2.05, 4.69) is 15.2 Å². The minimum Gasteiger partial charge on any atom is -0.352 e. The van der Waals surface area contributed by atoms with Gasteiger partial charge in [-0.1, -0.05) is 0 Å². The van der Waals surface area contributed by atoms with Gasteiger partial charge in [-0.3, -0.25) is 0 Å². The molecule has 0 amide bonds. The van der Waals surface area contributed by atoms with Crippen molar-refractivity contribution in [3.8, 4) is 6.07 Å². The van der Waals surface area contributed by atoms with Gasteiger partial charge in [0.15, 0.2) is 5.82 Å². The Kier molecular flexibility index (Phi) is 4.13. The Hall–Kier alpha value is -2.63. The average Bonchev–Trinajstić information content (AvgIpc) is 2.97. The molecule has 9 heteroatoms. The van der Waals surface area contributed by atoms with E-state index in [1.807, 2.05) is 6.07 Å². The van der Waals surface area contributed by atoms with Crippen molar-refractivity contribution in [1.82, 2.24) is 19.7 Å². The molecule has 0 spiro atoms. The first-order valence-electron chi connectivity index (χ1n) is 7.46. The van der Waals surface area contributed by atoms with Crippen LogP contribution in [0.15, 0.2) is 18.3 Å². The summed E-state index contributed by atoms with van der Waals surface area (Å²) in [5, 5.41) is 16.5. The third kappa shape index (κ3) is 3.04. The molecule has 1 unspecified atom stereocenters. The second-order valence-electron chi connectivity index (χ2n) is 5.74. The first kappa shape index (κ1) is 16.2. The van der Waals surface area contributed by atoms with Crippen molar-refractivity contribution in [3.05, 3.63) is 35.5 Å². The smallest absolute Gasteiger partial charge is 0.352 e. The minimum atomic E-state index is -4.30. The number of fused-ring (bicyclic) bond motifs is 1. The zero-order valence-electron chi connectivity index (χ0n) is 13.0. The van der Waals surface area contributed by atoms with Crippen LogP contribution >= 0.6 is 0 Å². The molecule has 0 N–H and O–H groups in total. The summed E-state index contributed by atoms with van der Waals surface area (Å²) >= 11 is 0. The third-order valence-electron chi connectivity index (χ3n) is 4.08. The third-order valence-corrected chi connectivity index (χ3v) is 4.08. The number of halogens is 3. The molecule has 6 nitrogen and oxygen atoms in total. The maximum atomic E-state index is 13.1. The molecule has 1 aliphatic heterocycles. The Morgan fingerprint density at radius 2 is 2.17 bits per heavy atom. The molecule has 0 saturated heterocycles. The second kappa shape index (κ2) is 6.11. The fourth-order valence-corrected chi connectivity index (χ4v) is 2.83. The summed E-state index contributed by atoms with van der Waals surface area (Å²) in [6.07, 6.45) is -2.36. The van der Waals surface area contributed by atoms with Crippen LogP contribution in [-0.2, 0) is 13.1 Å². The van der Waals surface area contributed by atoms with Crippen LogP contribution in [0.2, 0.25) is 0 Å². The highest BCUT2D eigenvalue weighted by Crippen LogP contribution is 2.40. The van der Waals surface area contributed by atoms with Gasteiger partial charge in [-0.05, 0) is 25.0 Å². The van der Waals surface area contributed by atoms with Gasteiger partial charge in [0, 0.05) is 19.8 Å². The summed E-state index contributed by atoms with van der Waals surface area (Å²) in [4.78, 5) is 5.92. The molecule has 3 rings (SSSR count). The van der Waals surface area contributed by atoms with E-state index in [0.29, 0.717) is 30.2 Å². The lowest BCUT2D eigenvalue weighted by Crippen LogP contribution is -2.29. The van der Waals surface area contributed by atoms with Crippen molar-refractivity contribution < 1.29 is 13.2 Å². The van der Waals surface area contributed by atoms with E-state index < -0.39 is 12.1 Å². The number of anilines is 1. The molecule has 24 heavy (non-hydrogen) atoms. The van der Waals surface area contributed by atoms with Gasteiger partial charge in [0.1, 0.15) is 23.6 Å². The fraction of sp³-hybridized carbons (Fsp3) is 0.467. The molecule has 0 radical (unpaired) electrons. The number of rotatable bonds is 3. The normalized spacial score (nSPS) is 17.2.